The van der Waals surface area contributed by atoms with Crippen LogP contribution in [0, 0.1) is 11.6 Å². The fourth-order valence-electron chi connectivity index (χ4n) is 2.40. The lowest BCUT2D eigenvalue weighted by Gasteiger charge is -2.11. The van der Waals surface area contributed by atoms with E-state index >= 15 is 0 Å². The second kappa shape index (κ2) is 6.09. The second-order valence-corrected chi connectivity index (χ2v) is 7.18. The maximum atomic E-state index is 14.5. The molecule has 0 radical (unpaired) electrons. The van der Waals surface area contributed by atoms with E-state index in [1.165, 1.54) is 12.4 Å². The van der Waals surface area contributed by atoms with Crippen molar-refractivity contribution >= 4 is 9.84 Å². The Hall–Kier alpha value is -2.67. The van der Waals surface area contributed by atoms with Gasteiger partial charge in [-0.1, -0.05) is 6.07 Å². The van der Waals surface area contributed by atoms with Crippen LogP contribution in [0.3, 0.4) is 0 Å². The van der Waals surface area contributed by atoms with Gasteiger partial charge in [-0.25, -0.2) is 17.2 Å². The third kappa shape index (κ3) is 3.03. The van der Waals surface area contributed by atoms with E-state index in [4.69, 9.17) is 0 Å². The normalized spacial score (nSPS) is 11.5. The molecule has 0 saturated heterocycles. The van der Waals surface area contributed by atoms with Crippen LogP contribution >= 0.6 is 0 Å². The Labute approximate surface area is 137 Å². The predicted molar refractivity (Wildman–Crippen MR) is 85.9 cm³/mol. The van der Waals surface area contributed by atoms with Crippen LogP contribution in [0.25, 0.3) is 22.3 Å². The van der Waals surface area contributed by atoms with Gasteiger partial charge in [0, 0.05) is 47.7 Å². The van der Waals surface area contributed by atoms with Crippen molar-refractivity contribution in [2.24, 2.45) is 0 Å². The van der Waals surface area contributed by atoms with E-state index in [-0.39, 0.29) is 5.56 Å². The Morgan fingerprint density at radius 2 is 1.62 bits per heavy atom. The molecule has 0 aliphatic carbocycles. The molecule has 0 spiro atoms. The summed E-state index contributed by atoms with van der Waals surface area (Å²) < 4.78 is 51.7. The number of pyridine rings is 2. The monoisotopic (exact) mass is 346 g/mol. The Kier molecular flexibility index (Phi) is 4.11. The number of aromatic nitrogens is 2. The molecular formula is C17H12F2N2O2S. The molecule has 3 rings (SSSR count). The lowest BCUT2D eigenvalue weighted by Crippen LogP contribution is -2.03. The van der Waals surface area contributed by atoms with Gasteiger partial charge in [-0.2, -0.15) is 0 Å². The van der Waals surface area contributed by atoms with E-state index in [9.17, 15) is 17.2 Å². The van der Waals surface area contributed by atoms with Crippen molar-refractivity contribution in [2.45, 2.75) is 4.90 Å². The fraction of sp³-hybridized carbons (Fsp3) is 0.0588. The highest BCUT2D eigenvalue weighted by Gasteiger charge is 2.20. The Balaban J connectivity index is 2.23. The van der Waals surface area contributed by atoms with Crippen molar-refractivity contribution in [3.8, 4) is 22.3 Å². The number of hydrogen-bond donors (Lipinski definition) is 0. The molecule has 0 bridgehead atoms. The van der Waals surface area contributed by atoms with Gasteiger partial charge in [0.2, 0.25) is 0 Å². The van der Waals surface area contributed by atoms with E-state index in [1.807, 2.05) is 0 Å². The average molecular weight is 346 g/mol. The minimum Gasteiger partial charge on any atom is -0.264 e. The van der Waals surface area contributed by atoms with Gasteiger partial charge in [-0.3, -0.25) is 9.97 Å². The molecule has 0 unspecified atom stereocenters. The van der Waals surface area contributed by atoms with Gasteiger partial charge in [0.15, 0.2) is 9.84 Å². The highest BCUT2D eigenvalue weighted by Crippen LogP contribution is 2.34. The van der Waals surface area contributed by atoms with E-state index in [0.717, 1.165) is 12.3 Å². The zero-order valence-electron chi connectivity index (χ0n) is 12.6. The summed E-state index contributed by atoms with van der Waals surface area (Å²) >= 11 is 0. The molecule has 2 heterocycles. The summed E-state index contributed by atoms with van der Waals surface area (Å²) in [5, 5.41) is 0. The maximum Gasteiger partial charge on any atom is 0.178 e. The third-order valence-corrected chi connectivity index (χ3v) is 4.62. The van der Waals surface area contributed by atoms with E-state index in [0.29, 0.717) is 22.8 Å². The summed E-state index contributed by atoms with van der Waals surface area (Å²) in [6, 6.07) is 6.74. The van der Waals surface area contributed by atoms with Crippen LogP contribution in [0.2, 0.25) is 0 Å². The molecule has 3 aromatic rings. The van der Waals surface area contributed by atoms with Crippen molar-refractivity contribution in [1.29, 1.82) is 0 Å². The summed E-state index contributed by atoms with van der Waals surface area (Å²) in [7, 11) is -3.86. The first-order chi connectivity index (χ1) is 11.4. The number of halogens is 2. The predicted octanol–water partition coefficient (Wildman–Crippen LogP) is 3.49. The van der Waals surface area contributed by atoms with Gasteiger partial charge in [-0.15, -0.1) is 0 Å². The van der Waals surface area contributed by atoms with Crippen LogP contribution in [0.5, 0.6) is 0 Å². The highest BCUT2D eigenvalue weighted by molar-refractivity contribution is 7.90. The van der Waals surface area contributed by atoms with E-state index in [1.54, 1.807) is 30.6 Å². The number of rotatable bonds is 3. The average Bonchev–Trinajstić information content (AvgIpc) is 2.56. The highest BCUT2D eigenvalue weighted by atomic mass is 32.2. The standard InChI is InChI=1S/C17H12F2N2O2S/c1-24(22,23)17-8-15(18)13(7-16(17)19)14-10-21-6-4-12(14)11-3-2-5-20-9-11/h2-10H,1H3. The first-order valence-electron chi connectivity index (χ1n) is 6.92. The van der Waals surface area contributed by atoms with Crippen LogP contribution in [0.15, 0.2) is 60.0 Å². The van der Waals surface area contributed by atoms with E-state index < -0.39 is 26.4 Å². The Bertz CT molecular complexity index is 1010. The Morgan fingerprint density at radius 1 is 0.875 bits per heavy atom. The number of benzene rings is 1. The van der Waals surface area contributed by atoms with Crippen LogP contribution < -0.4 is 0 Å². The smallest absolute Gasteiger partial charge is 0.178 e. The van der Waals surface area contributed by atoms with Crippen molar-refractivity contribution in [3.63, 3.8) is 0 Å². The SMILES string of the molecule is CS(=O)(=O)c1cc(F)c(-c2cnccc2-c2cccnc2)cc1F. The molecule has 122 valence electrons. The van der Waals surface area contributed by atoms with Gasteiger partial charge in [-0.05, 0) is 29.8 Å². The van der Waals surface area contributed by atoms with Crippen molar-refractivity contribution in [2.75, 3.05) is 6.26 Å². The lowest BCUT2D eigenvalue weighted by molar-refractivity contribution is 0.557. The molecule has 4 nitrogen and oxygen atoms in total. The van der Waals surface area contributed by atoms with Crippen molar-refractivity contribution in [3.05, 3.63) is 66.8 Å². The first-order valence-corrected chi connectivity index (χ1v) is 8.81. The molecule has 0 fully saturated rings. The number of nitrogens with zero attached hydrogens (tertiary/aromatic N) is 2. The van der Waals surface area contributed by atoms with Crippen LogP contribution in [-0.2, 0) is 9.84 Å². The Morgan fingerprint density at radius 3 is 2.29 bits per heavy atom. The van der Waals surface area contributed by atoms with Gasteiger partial charge >= 0.3 is 0 Å². The molecule has 0 atom stereocenters. The van der Waals surface area contributed by atoms with Crippen LogP contribution in [0.4, 0.5) is 8.78 Å². The number of hydrogen-bond acceptors (Lipinski definition) is 4. The molecule has 1 aromatic carbocycles. The van der Waals surface area contributed by atoms with Gasteiger partial charge in [0.05, 0.1) is 0 Å². The van der Waals surface area contributed by atoms with Crippen molar-refractivity contribution < 1.29 is 17.2 Å². The zero-order chi connectivity index (χ0) is 17.3. The molecule has 0 amide bonds. The van der Waals surface area contributed by atoms with E-state index in [2.05, 4.69) is 9.97 Å². The summed E-state index contributed by atoms with van der Waals surface area (Å²) in [5.74, 6) is -1.84. The maximum absolute atomic E-state index is 14.5. The molecule has 0 aliphatic heterocycles. The summed E-state index contributed by atoms with van der Waals surface area (Å²) in [6.07, 6.45) is 6.96. The minimum atomic E-state index is -3.86. The van der Waals surface area contributed by atoms with Gasteiger partial charge in [0.1, 0.15) is 16.5 Å². The molecule has 0 saturated carbocycles. The second-order valence-electron chi connectivity index (χ2n) is 5.20. The van der Waals surface area contributed by atoms with Crippen LogP contribution in [-0.4, -0.2) is 24.6 Å². The summed E-state index contributed by atoms with van der Waals surface area (Å²) in [6.45, 7) is 0. The molecule has 24 heavy (non-hydrogen) atoms. The van der Waals surface area contributed by atoms with Crippen LogP contribution in [0.1, 0.15) is 0 Å². The van der Waals surface area contributed by atoms with Gasteiger partial charge in [0.25, 0.3) is 0 Å². The zero-order valence-corrected chi connectivity index (χ0v) is 13.4. The summed E-state index contributed by atoms with van der Waals surface area (Å²) in [5.41, 5.74) is 1.61. The molecule has 0 N–H and O–H groups in total. The van der Waals surface area contributed by atoms with Gasteiger partial charge < -0.3 is 0 Å². The molecule has 2 aromatic heterocycles. The topological polar surface area (TPSA) is 59.9 Å². The largest absolute Gasteiger partial charge is 0.264 e. The molecule has 7 heteroatoms. The minimum absolute atomic E-state index is 0.0631. The third-order valence-electron chi connectivity index (χ3n) is 3.50. The lowest BCUT2D eigenvalue weighted by atomic mass is 9.97. The molecular weight excluding hydrogens is 334 g/mol. The number of sulfone groups is 1. The van der Waals surface area contributed by atoms with Crippen molar-refractivity contribution in [1.82, 2.24) is 9.97 Å². The molecule has 0 aliphatic rings. The quantitative estimate of drug-likeness (QED) is 0.728. The summed E-state index contributed by atoms with van der Waals surface area (Å²) in [4.78, 5) is 7.31. The first kappa shape index (κ1) is 16.2. The fourth-order valence-corrected chi connectivity index (χ4v) is 3.13.